The number of amides is 2. The highest BCUT2D eigenvalue weighted by Crippen LogP contribution is 2.31. The van der Waals surface area contributed by atoms with Crippen LogP contribution in [0.3, 0.4) is 0 Å². The largest absolute Gasteiger partial charge is 0.480 e. The summed E-state index contributed by atoms with van der Waals surface area (Å²) in [5.41, 5.74) is 4.25. The van der Waals surface area contributed by atoms with Gasteiger partial charge in [0.2, 0.25) is 0 Å². The van der Waals surface area contributed by atoms with E-state index in [1.807, 2.05) is 71.8 Å². The van der Waals surface area contributed by atoms with Crippen LogP contribution < -0.4 is 15.5 Å². The van der Waals surface area contributed by atoms with Crippen LogP contribution in [0.15, 0.2) is 85.3 Å². The standard InChI is InChI=1S/C33H35N7O4/c34-18-25-6-15-31(35-20-25)38-28-9-13-30(14-10-28)40(33(43)36-19-24-4-2-1-3-5-24)29-11-7-26(8-12-29)27-21-37-39(22-27)16-17-44-23-32(41)42/h1-8,11-12,15,20-22,28,30H,9-10,13-14,16-17,19,23H2,(H,35,38)(H,36,43)(H,41,42). The number of carbonyl (C=O) groups is 2. The van der Waals surface area contributed by atoms with Crippen molar-refractivity contribution in [3.05, 3.63) is 96.4 Å². The zero-order valence-electron chi connectivity index (χ0n) is 24.3. The minimum atomic E-state index is -1.00. The fraction of sp³-hybridized carbons (Fsp3) is 0.303. The minimum absolute atomic E-state index is 0.0251. The van der Waals surface area contributed by atoms with Crippen LogP contribution in [0.4, 0.5) is 16.3 Å². The Balaban J connectivity index is 1.25. The molecule has 1 fully saturated rings. The van der Waals surface area contributed by atoms with Crippen LogP contribution in [-0.2, 0) is 22.6 Å². The molecule has 11 nitrogen and oxygen atoms in total. The van der Waals surface area contributed by atoms with Crippen molar-refractivity contribution in [3.8, 4) is 17.2 Å². The molecule has 1 saturated carbocycles. The Morgan fingerprint density at radius 3 is 2.45 bits per heavy atom. The van der Waals surface area contributed by atoms with Crippen molar-refractivity contribution in [1.82, 2.24) is 20.1 Å². The summed E-state index contributed by atoms with van der Waals surface area (Å²) >= 11 is 0. The maximum atomic E-state index is 13.7. The molecule has 0 radical (unpaired) electrons. The van der Waals surface area contributed by atoms with E-state index in [2.05, 4.69) is 26.8 Å². The summed E-state index contributed by atoms with van der Waals surface area (Å²) in [5.74, 6) is -0.254. The Kier molecular flexibility index (Phi) is 10.2. The van der Waals surface area contributed by atoms with E-state index in [0.717, 1.165) is 53.9 Å². The molecule has 0 aliphatic heterocycles. The van der Waals surface area contributed by atoms with Crippen molar-refractivity contribution in [3.63, 3.8) is 0 Å². The van der Waals surface area contributed by atoms with Gasteiger partial charge in [-0.3, -0.25) is 9.58 Å². The number of carboxylic acid groups (broad SMARTS) is 1. The lowest BCUT2D eigenvalue weighted by atomic mass is 9.89. The molecule has 0 spiro atoms. The van der Waals surface area contributed by atoms with E-state index in [9.17, 15) is 9.59 Å². The number of anilines is 2. The first-order valence-corrected chi connectivity index (χ1v) is 14.6. The predicted molar refractivity (Wildman–Crippen MR) is 166 cm³/mol. The number of ether oxygens (including phenoxy) is 1. The van der Waals surface area contributed by atoms with Crippen LogP contribution >= 0.6 is 0 Å². The summed E-state index contributed by atoms with van der Waals surface area (Å²) in [6.45, 7) is 0.795. The number of pyridine rings is 1. The summed E-state index contributed by atoms with van der Waals surface area (Å²) in [6.07, 6.45) is 8.62. The summed E-state index contributed by atoms with van der Waals surface area (Å²) in [5, 5.41) is 28.7. The Morgan fingerprint density at radius 2 is 1.77 bits per heavy atom. The van der Waals surface area contributed by atoms with E-state index in [-0.39, 0.29) is 31.3 Å². The van der Waals surface area contributed by atoms with Gasteiger partial charge in [0.05, 0.1) is 24.9 Å². The molecule has 44 heavy (non-hydrogen) atoms. The molecular weight excluding hydrogens is 558 g/mol. The SMILES string of the molecule is N#Cc1ccc(NC2CCC(N(C(=O)NCc3ccccc3)c3ccc(-c4cnn(CCOCC(=O)O)c4)cc3)CC2)nc1. The molecule has 3 N–H and O–H groups in total. The minimum Gasteiger partial charge on any atom is -0.480 e. The molecule has 0 atom stereocenters. The summed E-state index contributed by atoms with van der Waals surface area (Å²) in [6, 6.07) is 23.6. The quantitative estimate of drug-likeness (QED) is 0.193. The number of nitrogens with zero attached hydrogens (tertiary/aromatic N) is 5. The molecular formula is C33H35N7O4. The third kappa shape index (κ3) is 8.20. The number of nitrogens with one attached hydrogen (secondary N) is 2. The van der Waals surface area contributed by atoms with Crippen LogP contribution in [0.1, 0.15) is 36.8 Å². The molecule has 1 aliphatic carbocycles. The number of nitriles is 1. The molecule has 226 valence electrons. The first kappa shape index (κ1) is 30.3. The van der Waals surface area contributed by atoms with E-state index in [1.54, 1.807) is 23.1 Å². The molecule has 2 aromatic carbocycles. The molecule has 4 aromatic rings. The second-order valence-electron chi connectivity index (χ2n) is 10.7. The maximum absolute atomic E-state index is 13.7. The molecule has 0 bridgehead atoms. The lowest BCUT2D eigenvalue weighted by molar-refractivity contribution is -0.142. The lowest BCUT2D eigenvalue weighted by Gasteiger charge is -2.37. The summed E-state index contributed by atoms with van der Waals surface area (Å²) in [4.78, 5) is 30.5. The molecule has 11 heteroatoms. The number of benzene rings is 2. The van der Waals surface area contributed by atoms with E-state index in [0.29, 0.717) is 18.7 Å². The topological polar surface area (TPSA) is 145 Å². The Morgan fingerprint density at radius 1 is 1.00 bits per heavy atom. The molecule has 2 heterocycles. The number of rotatable bonds is 12. The van der Waals surface area contributed by atoms with Gasteiger partial charge >= 0.3 is 12.0 Å². The van der Waals surface area contributed by atoms with Crippen LogP contribution in [0, 0.1) is 11.3 Å². The highest BCUT2D eigenvalue weighted by molar-refractivity contribution is 5.93. The van der Waals surface area contributed by atoms with Crippen molar-refractivity contribution in [2.75, 3.05) is 23.4 Å². The van der Waals surface area contributed by atoms with Gasteiger partial charge in [-0.25, -0.2) is 14.6 Å². The van der Waals surface area contributed by atoms with E-state index < -0.39 is 5.97 Å². The van der Waals surface area contributed by atoms with Gasteiger partial charge in [0.1, 0.15) is 18.5 Å². The smallest absolute Gasteiger partial charge is 0.329 e. The van der Waals surface area contributed by atoms with Gasteiger partial charge in [0.25, 0.3) is 0 Å². The zero-order valence-corrected chi connectivity index (χ0v) is 24.3. The Hall–Kier alpha value is -5.21. The molecule has 0 saturated heterocycles. The van der Waals surface area contributed by atoms with Crippen molar-refractivity contribution in [1.29, 1.82) is 5.26 Å². The molecule has 2 aromatic heterocycles. The summed E-state index contributed by atoms with van der Waals surface area (Å²) in [7, 11) is 0. The summed E-state index contributed by atoms with van der Waals surface area (Å²) < 4.78 is 6.82. The molecule has 5 rings (SSSR count). The zero-order chi connectivity index (χ0) is 30.7. The Labute approximate surface area is 256 Å². The van der Waals surface area contributed by atoms with E-state index in [1.165, 1.54) is 0 Å². The third-order valence-corrected chi connectivity index (χ3v) is 7.61. The van der Waals surface area contributed by atoms with Gasteiger partial charge in [0.15, 0.2) is 0 Å². The highest BCUT2D eigenvalue weighted by atomic mass is 16.5. The molecule has 2 amide bonds. The van der Waals surface area contributed by atoms with Gasteiger partial charge in [-0.1, -0.05) is 42.5 Å². The second-order valence-corrected chi connectivity index (χ2v) is 10.7. The van der Waals surface area contributed by atoms with Gasteiger partial charge in [-0.2, -0.15) is 10.4 Å². The average molecular weight is 594 g/mol. The van der Waals surface area contributed by atoms with Crippen LogP contribution in [-0.4, -0.2) is 57.2 Å². The number of carbonyl (C=O) groups excluding carboxylic acids is 1. The van der Waals surface area contributed by atoms with Crippen molar-refractivity contribution in [2.45, 2.75) is 50.9 Å². The number of aliphatic carboxylic acids is 1. The maximum Gasteiger partial charge on any atom is 0.329 e. The monoisotopic (exact) mass is 593 g/mol. The average Bonchev–Trinajstić information content (AvgIpc) is 3.53. The first-order chi connectivity index (χ1) is 21.5. The van der Waals surface area contributed by atoms with Crippen molar-refractivity contribution < 1.29 is 19.4 Å². The van der Waals surface area contributed by atoms with E-state index in [4.69, 9.17) is 15.1 Å². The van der Waals surface area contributed by atoms with E-state index >= 15 is 0 Å². The fourth-order valence-corrected chi connectivity index (χ4v) is 5.35. The predicted octanol–water partition coefficient (Wildman–Crippen LogP) is 5.06. The number of hydrogen-bond acceptors (Lipinski definition) is 7. The van der Waals surface area contributed by atoms with Gasteiger partial charge in [-0.05, 0) is 61.1 Å². The number of hydrogen-bond donors (Lipinski definition) is 3. The highest BCUT2D eigenvalue weighted by Gasteiger charge is 2.30. The third-order valence-electron chi connectivity index (χ3n) is 7.61. The van der Waals surface area contributed by atoms with Crippen LogP contribution in [0.25, 0.3) is 11.1 Å². The normalized spacial score (nSPS) is 16.1. The van der Waals surface area contributed by atoms with Crippen LogP contribution in [0.2, 0.25) is 0 Å². The van der Waals surface area contributed by atoms with Crippen LogP contribution in [0.5, 0.6) is 0 Å². The van der Waals surface area contributed by atoms with Gasteiger partial charge in [-0.15, -0.1) is 0 Å². The second kappa shape index (κ2) is 14.8. The van der Waals surface area contributed by atoms with Crippen molar-refractivity contribution >= 4 is 23.5 Å². The number of carboxylic acids is 1. The number of aromatic nitrogens is 3. The van der Waals surface area contributed by atoms with Crippen molar-refractivity contribution in [2.24, 2.45) is 0 Å². The number of urea groups is 1. The molecule has 0 unspecified atom stereocenters. The Bertz CT molecular complexity index is 1560. The lowest BCUT2D eigenvalue weighted by Crippen LogP contribution is -2.48. The molecule has 1 aliphatic rings. The van der Waals surface area contributed by atoms with Gasteiger partial charge < -0.3 is 20.5 Å². The first-order valence-electron chi connectivity index (χ1n) is 14.6. The fourth-order valence-electron chi connectivity index (χ4n) is 5.35. The van der Waals surface area contributed by atoms with Gasteiger partial charge in [0, 0.05) is 42.3 Å².